The summed E-state index contributed by atoms with van der Waals surface area (Å²) in [5.41, 5.74) is 1.81. The zero-order valence-corrected chi connectivity index (χ0v) is 19.0. The van der Waals surface area contributed by atoms with Gasteiger partial charge in [-0.2, -0.15) is 5.26 Å². The predicted octanol–water partition coefficient (Wildman–Crippen LogP) is 4.37. The van der Waals surface area contributed by atoms with Crippen molar-refractivity contribution in [3.05, 3.63) is 95.7 Å². The Labute approximate surface area is 196 Å². The minimum atomic E-state index is -4.32. The van der Waals surface area contributed by atoms with E-state index in [2.05, 4.69) is 11.1 Å². The standard InChI is InChI=1S/C26H19N3O4S/c1-2-33-22-10-4-3-9-19(22)24-20-15-17(16-27)12-13-21(20)29(26(24)30)34(31,32)23-11-5-7-18-8-6-14-28-25(18)23/h3-15,24H,2H2,1H3. The first-order valence-corrected chi connectivity index (χ1v) is 12.1. The molecule has 168 valence electrons. The van der Waals surface area contributed by atoms with Crippen molar-refractivity contribution in [3.63, 3.8) is 0 Å². The van der Waals surface area contributed by atoms with Gasteiger partial charge in [-0.1, -0.05) is 36.4 Å². The van der Waals surface area contributed by atoms with Crippen molar-refractivity contribution in [3.8, 4) is 11.8 Å². The number of carbonyl (C=O) groups excluding carboxylic acids is 1. The van der Waals surface area contributed by atoms with E-state index in [9.17, 15) is 18.5 Å². The Bertz CT molecular complexity index is 1590. The maximum atomic E-state index is 13.9. The monoisotopic (exact) mass is 469 g/mol. The topological polar surface area (TPSA) is 100 Å². The van der Waals surface area contributed by atoms with E-state index in [-0.39, 0.29) is 16.1 Å². The molecule has 34 heavy (non-hydrogen) atoms. The van der Waals surface area contributed by atoms with Gasteiger partial charge in [0.25, 0.3) is 15.9 Å². The summed E-state index contributed by atoms with van der Waals surface area (Å²) in [5, 5.41) is 10.1. The second-order valence-electron chi connectivity index (χ2n) is 7.73. The summed E-state index contributed by atoms with van der Waals surface area (Å²) in [7, 11) is -4.32. The van der Waals surface area contributed by atoms with Crippen molar-refractivity contribution < 1.29 is 17.9 Å². The minimum Gasteiger partial charge on any atom is -0.494 e. The molecule has 1 aliphatic rings. The van der Waals surface area contributed by atoms with E-state index in [0.29, 0.717) is 34.4 Å². The fourth-order valence-corrected chi connectivity index (χ4v) is 5.98. The molecule has 1 atom stereocenters. The zero-order chi connectivity index (χ0) is 23.9. The molecular weight excluding hydrogens is 450 g/mol. The number of sulfonamides is 1. The van der Waals surface area contributed by atoms with Crippen LogP contribution in [0, 0.1) is 11.3 Å². The highest BCUT2D eigenvalue weighted by molar-refractivity contribution is 7.93. The average Bonchev–Trinajstić information content (AvgIpc) is 3.15. The van der Waals surface area contributed by atoms with Gasteiger partial charge in [-0.05, 0) is 48.9 Å². The summed E-state index contributed by atoms with van der Waals surface area (Å²) in [6.07, 6.45) is 1.52. The van der Waals surface area contributed by atoms with Gasteiger partial charge in [0, 0.05) is 17.1 Å². The number of nitriles is 1. The molecule has 1 amide bonds. The summed E-state index contributed by atoms with van der Waals surface area (Å²) in [6.45, 7) is 2.21. The maximum Gasteiger partial charge on any atom is 0.273 e. The lowest BCUT2D eigenvalue weighted by Crippen LogP contribution is -2.35. The molecular formula is C26H19N3O4S. The Morgan fingerprint density at radius 1 is 1.03 bits per heavy atom. The van der Waals surface area contributed by atoms with Crippen LogP contribution >= 0.6 is 0 Å². The van der Waals surface area contributed by atoms with E-state index in [1.807, 2.05) is 6.92 Å². The van der Waals surface area contributed by atoms with Gasteiger partial charge in [-0.3, -0.25) is 9.78 Å². The molecule has 1 aliphatic heterocycles. The van der Waals surface area contributed by atoms with Crippen LogP contribution in [0.5, 0.6) is 5.75 Å². The third-order valence-corrected chi connectivity index (χ3v) is 7.52. The van der Waals surface area contributed by atoms with E-state index < -0.39 is 21.8 Å². The Balaban J connectivity index is 1.74. The van der Waals surface area contributed by atoms with Crippen LogP contribution in [0.4, 0.5) is 5.69 Å². The molecule has 0 bridgehead atoms. The van der Waals surface area contributed by atoms with Gasteiger partial charge in [0.15, 0.2) is 0 Å². The summed E-state index contributed by atoms with van der Waals surface area (Å²) in [4.78, 5) is 18.1. The Hall–Kier alpha value is -4.22. The highest BCUT2D eigenvalue weighted by atomic mass is 32.2. The quantitative estimate of drug-likeness (QED) is 0.430. The molecule has 1 unspecified atom stereocenters. The lowest BCUT2D eigenvalue weighted by atomic mass is 9.91. The third kappa shape index (κ3) is 3.29. The molecule has 0 saturated heterocycles. The van der Waals surface area contributed by atoms with Crippen molar-refractivity contribution in [1.29, 1.82) is 5.26 Å². The van der Waals surface area contributed by atoms with Crippen LogP contribution in [0.3, 0.4) is 0 Å². The van der Waals surface area contributed by atoms with Crippen LogP contribution in [0.15, 0.2) is 83.9 Å². The van der Waals surface area contributed by atoms with Crippen LogP contribution in [0.1, 0.15) is 29.5 Å². The normalized spacial score (nSPS) is 15.2. The number of nitrogens with zero attached hydrogens (tertiary/aromatic N) is 3. The van der Waals surface area contributed by atoms with Crippen LogP contribution in [0.2, 0.25) is 0 Å². The molecule has 0 spiro atoms. The molecule has 8 heteroatoms. The van der Waals surface area contributed by atoms with Crippen LogP contribution in [-0.4, -0.2) is 25.9 Å². The summed E-state index contributed by atoms with van der Waals surface area (Å²) in [5.74, 6) is -1.09. The van der Waals surface area contributed by atoms with Crippen LogP contribution in [0.25, 0.3) is 10.9 Å². The molecule has 3 aromatic carbocycles. The van der Waals surface area contributed by atoms with Gasteiger partial charge < -0.3 is 4.74 Å². The molecule has 0 saturated carbocycles. The van der Waals surface area contributed by atoms with Crippen molar-refractivity contribution in [1.82, 2.24) is 4.98 Å². The number of para-hydroxylation sites is 2. The molecule has 0 radical (unpaired) electrons. The number of anilines is 1. The van der Waals surface area contributed by atoms with E-state index in [1.54, 1.807) is 54.6 Å². The number of hydrogen-bond acceptors (Lipinski definition) is 6. The van der Waals surface area contributed by atoms with E-state index in [1.165, 1.54) is 24.4 Å². The average molecular weight is 470 g/mol. The number of amides is 1. The zero-order valence-electron chi connectivity index (χ0n) is 18.2. The number of hydrogen-bond donors (Lipinski definition) is 0. The number of rotatable bonds is 5. The van der Waals surface area contributed by atoms with Crippen molar-refractivity contribution in [2.75, 3.05) is 10.9 Å². The second kappa shape index (κ2) is 8.28. The Morgan fingerprint density at radius 2 is 1.82 bits per heavy atom. The molecule has 0 fully saturated rings. The molecule has 0 aliphatic carbocycles. The summed E-state index contributed by atoms with van der Waals surface area (Å²) >= 11 is 0. The van der Waals surface area contributed by atoms with Crippen LogP contribution < -0.4 is 9.04 Å². The highest BCUT2D eigenvalue weighted by Crippen LogP contribution is 2.46. The molecule has 5 rings (SSSR count). The number of pyridine rings is 1. The van der Waals surface area contributed by atoms with Gasteiger partial charge in [0.1, 0.15) is 10.6 Å². The minimum absolute atomic E-state index is 0.0620. The molecule has 1 aromatic heterocycles. The molecule has 7 nitrogen and oxygen atoms in total. The second-order valence-corrected chi connectivity index (χ2v) is 9.48. The summed E-state index contributed by atoms with van der Waals surface area (Å²) in [6, 6.07) is 22.0. The van der Waals surface area contributed by atoms with Gasteiger partial charge in [-0.15, -0.1) is 0 Å². The van der Waals surface area contributed by atoms with Gasteiger partial charge in [-0.25, -0.2) is 12.7 Å². The first kappa shape index (κ1) is 21.6. The van der Waals surface area contributed by atoms with Gasteiger partial charge >= 0.3 is 0 Å². The lowest BCUT2D eigenvalue weighted by molar-refractivity contribution is -0.117. The molecule has 2 heterocycles. The van der Waals surface area contributed by atoms with E-state index in [4.69, 9.17) is 4.74 Å². The number of aromatic nitrogens is 1. The van der Waals surface area contributed by atoms with Crippen LogP contribution in [-0.2, 0) is 14.8 Å². The van der Waals surface area contributed by atoms with E-state index >= 15 is 0 Å². The lowest BCUT2D eigenvalue weighted by Gasteiger charge is -2.20. The smallest absolute Gasteiger partial charge is 0.273 e. The first-order chi connectivity index (χ1) is 16.5. The predicted molar refractivity (Wildman–Crippen MR) is 127 cm³/mol. The fourth-order valence-electron chi connectivity index (χ4n) is 4.35. The fraction of sp³-hybridized carbons (Fsp3) is 0.115. The number of benzene rings is 3. The number of fused-ring (bicyclic) bond motifs is 2. The number of carbonyl (C=O) groups is 1. The summed E-state index contributed by atoms with van der Waals surface area (Å²) < 4.78 is 34.4. The first-order valence-electron chi connectivity index (χ1n) is 10.7. The van der Waals surface area contributed by atoms with Crippen molar-refractivity contribution >= 4 is 32.5 Å². The van der Waals surface area contributed by atoms with Gasteiger partial charge in [0.2, 0.25) is 0 Å². The maximum absolute atomic E-state index is 13.9. The molecule has 0 N–H and O–H groups in total. The van der Waals surface area contributed by atoms with Crippen molar-refractivity contribution in [2.24, 2.45) is 0 Å². The third-order valence-electron chi connectivity index (χ3n) is 5.78. The van der Waals surface area contributed by atoms with E-state index in [0.717, 1.165) is 4.31 Å². The highest BCUT2D eigenvalue weighted by Gasteiger charge is 2.46. The Morgan fingerprint density at radius 3 is 2.62 bits per heavy atom. The van der Waals surface area contributed by atoms with Gasteiger partial charge in [0.05, 0.1) is 35.4 Å². The number of ether oxygens (including phenoxy) is 1. The molecule has 4 aromatic rings. The Kier molecular flexibility index (Phi) is 5.27. The van der Waals surface area contributed by atoms with Crippen molar-refractivity contribution in [2.45, 2.75) is 17.7 Å². The largest absolute Gasteiger partial charge is 0.494 e. The SMILES string of the molecule is CCOc1ccccc1C1C(=O)N(S(=O)(=O)c2cccc3cccnc23)c2ccc(C#N)cc21.